The van der Waals surface area contributed by atoms with Crippen LogP contribution in [0, 0.1) is 0 Å². The maximum Gasteiger partial charge on any atom is 0.230 e. The first-order valence-electron chi connectivity index (χ1n) is 9.03. The summed E-state index contributed by atoms with van der Waals surface area (Å²) in [5.74, 6) is -0.0847. The first-order valence-corrected chi connectivity index (χ1v) is 9.41. The van der Waals surface area contributed by atoms with Crippen molar-refractivity contribution in [2.75, 3.05) is 0 Å². The van der Waals surface area contributed by atoms with Crippen LogP contribution in [0.1, 0.15) is 49.1 Å². The predicted octanol–water partition coefficient (Wildman–Crippen LogP) is 3.84. The van der Waals surface area contributed by atoms with Gasteiger partial charge in [0.05, 0.1) is 5.54 Å². The van der Waals surface area contributed by atoms with Crippen molar-refractivity contribution in [3.05, 3.63) is 64.9 Å². The lowest BCUT2D eigenvalue weighted by atomic mass is 9.36. The van der Waals surface area contributed by atoms with Crippen LogP contribution < -0.4 is 0 Å². The summed E-state index contributed by atoms with van der Waals surface area (Å²) in [5, 5.41) is 0.666. The van der Waals surface area contributed by atoms with Crippen molar-refractivity contribution >= 4 is 23.4 Å². The van der Waals surface area contributed by atoms with Crippen molar-refractivity contribution in [2.24, 2.45) is 0 Å². The van der Waals surface area contributed by atoms with E-state index < -0.39 is 0 Å². The molecular formula is C21H19ClN2O2. The molecule has 3 saturated carbocycles. The van der Waals surface area contributed by atoms with E-state index in [0.717, 1.165) is 24.8 Å². The molecule has 1 saturated heterocycles. The Hall–Kier alpha value is -2.20. The van der Waals surface area contributed by atoms with Crippen LogP contribution in [0.4, 0.5) is 0 Å². The molecule has 0 spiro atoms. The van der Waals surface area contributed by atoms with Crippen LogP contribution in [-0.2, 0) is 15.0 Å². The van der Waals surface area contributed by atoms with Gasteiger partial charge in [-0.25, -0.2) is 0 Å². The van der Waals surface area contributed by atoms with Crippen LogP contribution in [-0.4, -0.2) is 27.2 Å². The van der Waals surface area contributed by atoms with Gasteiger partial charge in [-0.05, 0) is 54.7 Å². The molecule has 2 aromatic rings. The summed E-state index contributed by atoms with van der Waals surface area (Å²) in [6.45, 7) is 0. The van der Waals surface area contributed by atoms with E-state index in [9.17, 15) is 9.59 Å². The normalized spacial score (nSPS) is 30.7. The zero-order valence-corrected chi connectivity index (χ0v) is 15.1. The molecule has 0 atom stereocenters. The van der Waals surface area contributed by atoms with E-state index in [1.165, 1.54) is 5.56 Å². The summed E-state index contributed by atoms with van der Waals surface area (Å²) >= 11 is 5.94. The molecule has 132 valence electrons. The van der Waals surface area contributed by atoms with Crippen molar-refractivity contribution < 1.29 is 9.59 Å². The Kier molecular flexibility index (Phi) is 3.32. The number of carbonyl (C=O) groups is 2. The molecule has 4 aliphatic rings. The lowest BCUT2D eigenvalue weighted by Crippen LogP contribution is -2.78. The van der Waals surface area contributed by atoms with Gasteiger partial charge in [0.2, 0.25) is 11.8 Å². The second-order valence-corrected chi connectivity index (χ2v) is 8.49. The third-order valence-corrected chi connectivity index (χ3v) is 6.70. The molecule has 5 heteroatoms. The highest BCUT2D eigenvalue weighted by Crippen LogP contribution is 2.70. The van der Waals surface area contributed by atoms with E-state index in [2.05, 4.69) is 17.1 Å². The smallest absolute Gasteiger partial charge is 0.230 e. The molecule has 0 radical (unpaired) electrons. The molecule has 0 unspecified atom stereocenters. The molecule has 4 nitrogen and oxygen atoms in total. The molecule has 2 amide bonds. The fourth-order valence-corrected chi connectivity index (χ4v) is 5.42. The second kappa shape index (κ2) is 5.40. The van der Waals surface area contributed by atoms with Gasteiger partial charge in [0, 0.05) is 41.6 Å². The number of piperidine rings is 1. The summed E-state index contributed by atoms with van der Waals surface area (Å²) in [6.07, 6.45) is 7.12. The minimum atomic E-state index is -0.234. The Morgan fingerprint density at radius 1 is 0.923 bits per heavy atom. The molecule has 6 rings (SSSR count). The monoisotopic (exact) mass is 366 g/mol. The first-order chi connectivity index (χ1) is 12.5. The van der Waals surface area contributed by atoms with Gasteiger partial charge in [0.1, 0.15) is 0 Å². The SMILES string of the molecule is O=C1CC(c2ccc(Cl)cc2)CC(=O)N1C12CC(c3ccncc3)(C1)C2. The van der Waals surface area contributed by atoms with Gasteiger partial charge in [0.25, 0.3) is 0 Å². The maximum atomic E-state index is 12.8. The quantitative estimate of drug-likeness (QED) is 0.775. The highest BCUT2D eigenvalue weighted by molar-refractivity contribution is 6.30. The Morgan fingerprint density at radius 2 is 1.50 bits per heavy atom. The Bertz CT molecular complexity index is 856. The molecule has 0 N–H and O–H groups in total. The van der Waals surface area contributed by atoms with Crippen molar-refractivity contribution in [1.29, 1.82) is 0 Å². The Labute approximate surface area is 157 Å². The van der Waals surface area contributed by atoms with Crippen molar-refractivity contribution in [3.63, 3.8) is 0 Å². The summed E-state index contributed by atoms with van der Waals surface area (Å²) in [6, 6.07) is 11.6. The number of nitrogens with zero attached hydrogens (tertiary/aromatic N) is 2. The van der Waals surface area contributed by atoms with Crippen LogP contribution in [0.2, 0.25) is 5.02 Å². The summed E-state index contributed by atoms with van der Waals surface area (Å²) in [7, 11) is 0. The second-order valence-electron chi connectivity index (χ2n) is 8.05. The number of amides is 2. The Balaban J connectivity index is 1.32. The summed E-state index contributed by atoms with van der Waals surface area (Å²) in [4.78, 5) is 31.3. The maximum absolute atomic E-state index is 12.8. The van der Waals surface area contributed by atoms with Crippen LogP contribution in [0.5, 0.6) is 0 Å². The molecule has 2 bridgehead atoms. The molecule has 1 aromatic heterocycles. The van der Waals surface area contributed by atoms with Crippen LogP contribution in [0.3, 0.4) is 0 Å². The number of carbonyl (C=O) groups excluding carboxylic acids is 2. The summed E-state index contributed by atoms with van der Waals surface area (Å²) in [5.41, 5.74) is 2.21. The van der Waals surface area contributed by atoms with E-state index in [1.54, 1.807) is 4.90 Å². The highest BCUT2D eigenvalue weighted by atomic mass is 35.5. The molecule has 1 aliphatic heterocycles. The van der Waals surface area contributed by atoms with Crippen molar-refractivity contribution in [3.8, 4) is 0 Å². The number of likely N-dealkylation sites (tertiary alicyclic amines) is 1. The number of halogens is 1. The number of benzene rings is 1. The summed E-state index contributed by atoms with van der Waals surface area (Å²) < 4.78 is 0. The zero-order chi connectivity index (χ0) is 17.9. The van der Waals surface area contributed by atoms with Gasteiger partial charge in [-0.2, -0.15) is 0 Å². The van der Waals surface area contributed by atoms with Crippen molar-refractivity contribution in [1.82, 2.24) is 9.88 Å². The van der Waals surface area contributed by atoms with Gasteiger partial charge in [-0.1, -0.05) is 23.7 Å². The van der Waals surface area contributed by atoms with E-state index in [1.807, 2.05) is 36.7 Å². The van der Waals surface area contributed by atoms with E-state index in [4.69, 9.17) is 11.6 Å². The number of aromatic nitrogens is 1. The number of imide groups is 1. The molecule has 4 fully saturated rings. The minimum absolute atomic E-state index is 0.0239. The molecule has 2 heterocycles. The van der Waals surface area contributed by atoms with E-state index >= 15 is 0 Å². The largest absolute Gasteiger partial charge is 0.276 e. The molecular weight excluding hydrogens is 348 g/mol. The standard InChI is InChI=1S/C21H19ClN2O2/c22-17-3-1-14(2-4-17)15-9-18(25)24(19(26)10-15)21-11-20(12-21,13-21)16-5-7-23-8-6-16/h1-8,15H,9-13H2. The molecule has 26 heavy (non-hydrogen) atoms. The van der Waals surface area contributed by atoms with E-state index in [0.29, 0.717) is 17.9 Å². The van der Waals surface area contributed by atoms with Gasteiger partial charge in [-0.3, -0.25) is 19.5 Å². The topological polar surface area (TPSA) is 50.3 Å². The van der Waals surface area contributed by atoms with E-state index in [-0.39, 0.29) is 28.7 Å². The number of pyridine rings is 1. The van der Waals surface area contributed by atoms with Crippen LogP contribution >= 0.6 is 11.6 Å². The molecule has 3 aliphatic carbocycles. The van der Waals surface area contributed by atoms with Gasteiger partial charge in [0.15, 0.2) is 0 Å². The lowest BCUT2D eigenvalue weighted by Gasteiger charge is -2.73. The molecule has 1 aromatic carbocycles. The first kappa shape index (κ1) is 16.0. The fourth-order valence-electron chi connectivity index (χ4n) is 5.30. The lowest BCUT2D eigenvalue weighted by molar-refractivity contribution is -0.195. The average molecular weight is 367 g/mol. The Morgan fingerprint density at radius 3 is 2.08 bits per heavy atom. The number of hydrogen-bond acceptors (Lipinski definition) is 3. The third-order valence-electron chi connectivity index (χ3n) is 6.45. The number of rotatable bonds is 3. The van der Waals surface area contributed by atoms with Crippen LogP contribution in [0.15, 0.2) is 48.8 Å². The number of hydrogen-bond donors (Lipinski definition) is 0. The van der Waals surface area contributed by atoms with Crippen molar-refractivity contribution in [2.45, 2.75) is 49.0 Å². The fraction of sp³-hybridized carbons (Fsp3) is 0.381. The van der Waals surface area contributed by atoms with Gasteiger partial charge >= 0.3 is 0 Å². The average Bonchev–Trinajstić information content (AvgIpc) is 2.56. The van der Waals surface area contributed by atoms with Gasteiger partial charge < -0.3 is 0 Å². The predicted molar refractivity (Wildman–Crippen MR) is 97.8 cm³/mol. The minimum Gasteiger partial charge on any atom is -0.276 e. The highest BCUT2D eigenvalue weighted by Gasteiger charge is 2.72. The van der Waals surface area contributed by atoms with Crippen LogP contribution in [0.25, 0.3) is 0 Å². The zero-order valence-electron chi connectivity index (χ0n) is 14.3. The van der Waals surface area contributed by atoms with Gasteiger partial charge in [-0.15, -0.1) is 0 Å². The third kappa shape index (κ3) is 2.18.